The van der Waals surface area contributed by atoms with Crippen LogP contribution in [0.1, 0.15) is 23.7 Å². The molecule has 1 atom stereocenters. The van der Waals surface area contributed by atoms with E-state index in [1.54, 1.807) is 11.1 Å². The van der Waals surface area contributed by atoms with Crippen molar-refractivity contribution in [3.63, 3.8) is 0 Å². The highest BCUT2D eigenvalue weighted by molar-refractivity contribution is 7.93. The minimum atomic E-state index is -3.19. The number of aromatic amines is 1. The van der Waals surface area contributed by atoms with Crippen LogP contribution in [0.3, 0.4) is 0 Å². The van der Waals surface area contributed by atoms with E-state index in [-0.39, 0.29) is 30.7 Å². The van der Waals surface area contributed by atoms with E-state index in [9.17, 15) is 13.2 Å². The van der Waals surface area contributed by atoms with Crippen LogP contribution in [0.4, 0.5) is 0 Å². The highest BCUT2D eigenvalue weighted by Crippen LogP contribution is 2.45. The summed E-state index contributed by atoms with van der Waals surface area (Å²) in [6, 6.07) is 7.63. The number of hydrogen-bond donors (Lipinski definition) is 1. The van der Waals surface area contributed by atoms with Crippen LogP contribution < -0.4 is 0 Å². The Labute approximate surface area is 147 Å². The van der Waals surface area contributed by atoms with Crippen LogP contribution in [-0.4, -0.2) is 61.0 Å². The van der Waals surface area contributed by atoms with Crippen LogP contribution in [0, 0.1) is 5.92 Å². The lowest BCUT2D eigenvalue weighted by Crippen LogP contribution is -2.68. The second-order valence-corrected chi connectivity index (χ2v) is 9.39. The van der Waals surface area contributed by atoms with Gasteiger partial charge in [-0.25, -0.2) is 8.42 Å². The zero-order valence-electron chi connectivity index (χ0n) is 14.2. The molecule has 1 amide bonds. The van der Waals surface area contributed by atoms with Gasteiger partial charge in [0.2, 0.25) is 0 Å². The molecule has 2 aliphatic heterocycles. The number of H-pyrrole nitrogens is 1. The number of nitrogens with one attached hydrogen (secondary N) is 1. The standard InChI is InChI=1S/C18H22N2O4S/c1-2-24-10-13-7-8-25(22,23)18(13)11-20(12-18)17(21)15-9-19-16-6-4-3-5-14(15)16/h3-6,9,13,19H,2,7-8,10-12H2,1H3/t13-/m1/s1. The van der Waals surface area contributed by atoms with Crippen molar-refractivity contribution in [3.05, 3.63) is 36.0 Å². The molecule has 1 aromatic carbocycles. The summed E-state index contributed by atoms with van der Waals surface area (Å²) in [5, 5.41) is 0.869. The molecule has 2 saturated heterocycles. The smallest absolute Gasteiger partial charge is 0.256 e. The molecule has 3 heterocycles. The summed E-state index contributed by atoms with van der Waals surface area (Å²) < 4.78 is 29.9. The van der Waals surface area contributed by atoms with Crippen LogP contribution in [-0.2, 0) is 14.6 Å². The number of para-hydroxylation sites is 1. The fourth-order valence-electron chi connectivity index (χ4n) is 4.13. The number of likely N-dealkylation sites (tertiary alicyclic amines) is 1. The Morgan fingerprint density at radius 3 is 2.88 bits per heavy atom. The van der Waals surface area contributed by atoms with Crippen molar-refractivity contribution in [1.29, 1.82) is 0 Å². The number of carbonyl (C=O) groups excluding carboxylic acids is 1. The lowest BCUT2D eigenvalue weighted by atomic mass is 9.83. The Morgan fingerprint density at radius 1 is 1.36 bits per heavy atom. The molecule has 4 rings (SSSR count). The number of aromatic nitrogens is 1. The third-order valence-electron chi connectivity index (χ3n) is 5.65. The highest BCUT2D eigenvalue weighted by atomic mass is 32.2. The Morgan fingerprint density at radius 2 is 2.12 bits per heavy atom. The first kappa shape index (κ1) is 16.6. The summed E-state index contributed by atoms with van der Waals surface area (Å²) in [5.74, 6) is 0.0599. The number of ether oxygens (including phenoxy) is 1. The van der Waals surface area contributed by atoms with E-state index in [2.05, 4.69) is 4.98 Å². The molecule has 0 saturated carbocycles. The van der Waals surface area contributed by atoms with E-state index >= 15 is 0 Å². The van der Waals surface area contributed by atoms with E-state index in [4.69, 9.17) is 4.74 Å². The van der Waals surface area contributed by atoms with Crippen LogP contribution in [0.15, 0.2) is 30.5 Å². The molecule has 1 aromatic heterocycles. The van der Waals surface area contributed by atoms with Crippen molar-refractivity contribution in [2.75, 3.05) is 32.1 Å². The molecule has 7 heteroatoms. The monoisotopic (exact) mass is 362 g/mol. The molecule has 134 valence electrons. The maximum atomic E-state index is 12.9. The zero-order chi connectivity index (χ0) is 17.7. The summed E-state index contributed by atoms with van der Waals surface area (Å²) in [6.45, 7) is 3.47. The Kier molecular flexibility index (Phi) is 3.88. The van der Waals surface area contributed by atoms with Crippen LogP contribution >= 0.6 is 0 Å². The van der Waals surface area contributed by atoms with Gasteiger partial charge in [0.15, 0.2) is 9.84 Å². The third kappa shape index (κ3) is 2.40. The first-order chi connectivity index (χ1) is 12.0. The Balaban J connectivity index is 1.56. The number of benzene rings is 1. The fraction of sp³-hybridized carbons (Fsp3) is 0.500. The van der Waals surface area contributed by atoms with E-state index in [0.29, 0.717) is 25.2 Å². The van der Waals surface area contributed by atoms with Gasteiger partial charge in [0.05, 0.1) is 17.9 Å². The second-order valence-electron chi connectivity index (χ2n) is 6.94. The van der Waals surface area contributed by atoms with Gasteiger partial charge in [0.25, 0.3) is 5.91 Å². The minimum absolute atomic E-state index is 0.0236. The molecule has 0 bridgehead atoms. The summed E-state index contributed by atoms with van der Waals surface area (Å²) in [6.07, 6.45) is 2.33. The largest absolute Gasteiger partial charge is 0.381 e. The number of sulfone groups is 1. The lowest BCUT2D eigenvalue weighted by molar-refractivity contribution is 0.0272. The SMILES string of the molecule is CCOC[C@H]1CCS(=O)(=O)C12CN(C(=O)c1c[nH]c3ccccc13)C2. The number of nitrogens with zero attached hydrogens (tertiary/aromatic N) is 1. The predicted molar refractivity (Wildman–Crippen MR) is 95.3 cm³/mol. The molecular weight excluding hydrogens is 340 g/mol. The highest BCUT2D eigenvalue weighted by Gasteiger charge is 2.62. The molecule has 0 aliphatic carbocycles. The van der Waals surface area contributed by atoms with Crippen molar-refractivity contribution >= 4 is 26.6 Å². The summed E-state index contributed by atoms with van der Waals surface area (Å²) in [7, 11) is -3.19. The van der Waals surface area contributed by atoms with Gasteiger partial charge >= 0.3 is 0 Å². The summed E-state index contributed by atoms with van der Waals surface area (Å²) in [4.78, 5) is 17.6. The van der Waals surface area contributed by atoms with Crippen molar-refractivity contribution < 1.29 is 17.9 Å². The first-order valence-corrected chi connectivity index (χ1v) is 10.3. The number of rotatable bonds is 4. The van der Waals surface area contributed by atoms with E-state index in [1.807, 2.05) is 31.2 Å². The molecule has 2 aliphatic rings. The minimum Gasteiger partial charge on any atom is -0.381 e. The second kappa shape index (κ2) is 5.85. The summed E-state index contributed by atoms with van der Waals surface area (Å²) >= 11 is 0. The molecular formula is C18H22N2O4S. The van der Waals surface area contributed by atoms with E-state index in [1.165, 1.54) is 0 Å². The molecule has 25 heavy (non-hydrogen) atoms. The van der Waals surface area contributed by atoms with Gasteiger partial charge in [-0.1, -0.05) is 18.2 Å². The Bertz CT molecular complexity index is 912. The van der Waals surface area contributed by atoms with Gasteiger partial charge in [-0.15, -0.1) is 0 Å². The van der Waals surface area contributed by atoms with Gasteiger partial charge < -0.3 is 14.6 Å². The Hall–Kier alpha value is -1.86. The normalized spacial score (nSPS) is 23.9. The molecule has 6 nitrogen and oxygen atoms in total. The molecule has 0 radical (unpaired) electrons. The van der Waals surface area contributed by atoms with Crippen molar-refractivity contribution in [2.45, 2.75) is 18.1 Å². The van der Waals surface area contributed by atoms with Crippen LogP contribution in [0.25, 0.3) is 10.9 Å². The zero-order valence-corrected chi connectivity index (χ0v) is 15.0. The summed E-state index contributed by atoms with van der Waals surface area (Å²) in [5.41, 5.74) is 1.51. The van der Waals surface area contributed by atoms with E-state index < -0.39 is 14.6 Å². The average Bonchev–Trinajstić information content (AvgIpc) is 3.09. The van der Waals surface area contributed by atoms with Gasteiger partial charge in [-0.2, -0.15) is 0 Å². The van der Waals surface area contributed by atoms with Gasteiger partial charge in [-0.05, 0) is 19.4 Å². The third-order valence-corrected chi connectivity index (χ3v) is 8.25. The number of hydrogen-bond acceptors (Lipinski definition) is 4. The predicted octanol–water partition coefficient (Wildman–Crippen LogP) is 1.83. The molecule has 1 spiro atoms. The topological polar surface area (TPSA) is 79.5 Å². The molecule has 0 unspecified atom stereocenters. The van der Waals surface area contributed by atoms with Crippen molar-refractivity contribution in [3.8, 4) is 0 Å². The number of amides is 1. The van der Waals surface area contributed by atoms with Crippen LogP contribution in [0.5, 0.6) is 0 Å². The number of carbonyl (C=O) groups is 1. The fourth-order valence-corrected chi connectivity index (χ4v) is 6.53. The van der Waals surface area contributed by atoms with Gasteiger partial charge in [-0.3, -0.25) is 4.79 Å². The van der Waals surface area contributed by atoms with Crippen molar-refractivity contribution in [1.82, 2.24) is 9.88 Å². The molecule has 2 aromatic rings. The number of fused-ring (bicyclic) bond motifs is 1. The van der Waals surface area contributed by atoms with Gasteiger partial charge in [0.1, 0.15) is 4.75 Å². The van der Waals surface area contributed by atoms with Gasteiger partial charge in [0, 0.05) is 42.7 Å². The van der Waals surface area contributed by atoms with E-state index in [0.717, 1.165) is 10.9 Å². The average molecular weight is 362 g/mol. The quantitative estimate of drug-likeness (QED) is 0.900. The molecule has 2 fully saturated rings. The first-order valence-electron chi connectivity index (χ1n) is 8.64. The maximum absolute atomic E-state index is 12.9. The lowest BCUT2D eigenvalue weighted by Gasteiger charge is -2.49. The van der Waals surface area contributed by atoms with Crippen molar-refractivity contribution in [2.24, 2.45) is 5.92 Å². The maximum Gasteiger partial charge on any atom is 0.256 e. The molecule has 1 N–H and O–H groups in total. The van der Waals surface area contributed by atoms with Crippen LogP contribution in [0.2, 0.25) is 0 Å².